The number of hydrogen-bond acceptors (Lipinski definition) is 5. The van der Waals surface area contributed by atoms with Gasteiger partial charge in [-0.2, -0.15) is 0 Å². The zero-order valence-electron chi connectivity index (χ0n) is 21.2. The number of hydrogen-bond donors (Lipinski definition) is 1. The van der Waals surface area contributed by atoms with Crippen LogP contribution in [0.15, 0.2) is 60.0 Å². The van der Waals surface area contributed by atoms with Gasteiger partial charge in [-0.3, -0.25) is 14.5 Å². The topological polar surface area (TPSA) is 67.9 Å². The Morgan fingerprint density at radius 1 is 1.00 bits per heavy atom. The number of para-hydroxylation sites is 1. The minimum absolute atomic E-state index is 0.0950. The van der Waals surface area contributed by atoms with E-state index in [0.29, 0.717) is 22.7 Å². The van der Waals surface area contributed by atoms with Crippen LogP contribution in [0.3, 0.4) is 0 Å². The van der Waals surface area contributed by atoms with E-state index >= 15 is 0 Å². The summed E-state index contributed by atoms with van der Waals surface area (Å²) in [5, 5.41) is 5.21. The molecule has 1 aliphatic rings. The first kappa shape index (κ1) is 25.8. The molecule has 1 fully saturated rings. The molecule has 0 aliphatic heterocycles. The Balaban J connectivity index is 1.82. The fourth-order valence-electron chi connectivity index (χ4n) is 4.84. The summed E-state index contributed by atoms with van der Waals surface area (Å²) in [5.41, 5.74) is 2.33. The molecule has 0 saturated heterocycles. The maximum absolute atomic E-state index is 14.1. The van der Waals surface area contributed by atoms with Crippen molar-refractivity contribution in [2.75, 3.05) is 19.1 Å². The lowest BCUT2D eigenvalue weighted by Crippen LogP contribution is -2.47. The summed E-state index contributed by atoms with van der Waals surface area (Å²) in [5.74, 6) is 0.591. The van der Waals surface area contributed by atoms with Crippen LogP contribution in [0.25, 0.3) is 0 Å². The minimum atomic E-state index is -0.924. The molecule has 1 atom stereocenters. The number of thiophene rings is 1. The highest BCUT2D eigenvalue weighted by atomic mass is 32.1. The molecule has 2 aromatic carbocycles. The average Bonchev–Trinajstić information content (AvgIpc) is 3.41. The van der Waals surface area contributed by atoms with E-state index in [4.69, 9.17) is 9.47 Å². The zero-order valence-corrected chi connectivity index (χ0v) is 22.0. The molecule has 7 heteroatoms. The number of nitrogens with zero attached hydrogens (tertiary/aromatic N) is 1. The molecular formula is C29H34N2O4S. The van der Waals surface area contributed by atoms with Crippen molar-refractivity contribution in [2.45, 2.75) is 57.5 Å². The number of aryl methyl sites for hydroxylation is 1. The number of benzene rings is 2. The predicted molar refractivity (Wildman–Crippen MR) is 144 cm³/mol. The number of nitrogens with one attached hydrogen (secondary N) is 1. The fourth-order valence-corrected chi connectivity index (χ4v) is 5.54. The highest BCUT2D eigenvalue weighted by Gasteiger charge is 2.36. The van der Waals surface area contributed by atoms with Gasteiger partial charge in [0.25, 0.3) is 0 Å². The number of amides is 2. The van der Waals surface area contributed by atoms with Crippen LogP contribution in [0.5, 0.6) is 11.5 Å². The molecular weight excluding hydrogens is 472 g/mol. The Hall–Kier alpha value is -3.32. The van der Waals surface area contributed by atoms with Gasteiger partial charge in [-0.25, -0.2) is 0 Å². The number of carbonyl (C=O) groups excluding carboxylic acids is 2. The minimum Gasteiger partial charge on any atom is -0.493 e. The molecule has 0 spiro atoms. The first-order valence-corrected chi connectivity index (χ1v) is 13.3. The number of ether oxygens (including phenoxy) is 2. The Bertz CT molecular complexity index is 1150. The van der Waals surface area contributed by atoms with E-state index in [1.807, 2.05) is 60.8 Å². The summed E-state index contributed by atoms with van der Waals surface area (Å²) in [7, 11) is 3.12. The summed E-state index contributed by atoms with van der Waals surface area (Å²) < 4.78 is 11.3. The van der Waals surface area contributed by atoms with Crippen molar-refractivity contribution in [3.63, 3.8) is 0 Å². The maximum Gasteiger partial charge on any atom is 0.248 e. The Morgan fingerprint density at radius 3 is 2.39 bits per heavy atom. The highest BCUT2D eigenvalue weighted by molar-refractivity contribution is 7.10. The van der Waals surface area contributed by atoms with Crippen molar-refractivity contribution in [1.82, 2.24) is 5.32 Å². The predicted octanol–water partition coefficient (Wildman–Crippen LogP) is 5.84. The van der Waals surface area contributed by atoms with E-state index in [-0.39, 0.29) is 24.3 Å². The molecule has 0 unspecified atom stereocenters. The molecule has 0 bridgehead atoms. The maximum atomic E-state index is 14.1. The van der Waals surface area contributed by atoms with Crippen molar-refractivity contribution in [2.24, 2.45) is 0 Å². The summed E-state index contributed by atoms with van der Waals surface area (Å²) in [6.45, 7) is 2.00. The molecule has 190 valence electrons. The normalized spacial score (nSPS) is 14.6. The van der Waals surface area contributed by atoms with Crippen LogP contribution in [0, 0.1) is 6.92 Å². The van der Waals surface area contributed by atoms with Gasteiger partial charge in [0.2, 0.25) is 11.8 Å². The van der Waals surface area contributed by atoms with Crippen LogP contribution in [0.2, 0.25) is 0 Å². The van der Waals surface area contributed by atoms with E-state index in [1.54, 1.807) is 25.2 Å². The molecule has 1 aliphatic carbocycles. The number of methoxy groups -OCH3 is 2. The van der Waals surface area contributed by atoms with Gasteiger partial charge in [-0.05, 0) is 49.4 Å². The lowest BCUT2D eigenvalue weighted by Gasteiger charge is -2.34. The number of anilines is 1. The molecule has 0 radical (unpaired) electrons. The molecule has 1 aromatic heterocycles. The standard InChI is InChI=1S/C29H34N2O4S/c1-20-14-16-22(17-15-20)31(26(32)19-23-11-8-18-36-23)27(29(33)30-21-9-5-4-6-10-21)24-12-7-13-25(34-2)28(24)35-3/h7-8,11-18,21,27H,4-6,9-10,19H2,1-3H3,(H,30,33)/t27-/m0/s1. The van der Waals surface area contributed by atoms with Crippen molar-refractivity contribution >= 4 is 28.8 Å². The van der Waals surface area contributed by atoms with E-state index in [2.05, 4.69) is 5.32 Å². The second-order valence-electron chi connectivity index (χ2n) is 9.18. The van der Waals surface area contributed by atoms with Crippen molar-refractivity contribution < 1.29 is 19.1 Å². The van der Waals surface area contributed by atoms with Gasteiger partial charge in [0, 0.05) is 22.2 Å². The second kappa shape index (κ2) is 12.1. The van der Waals surface area contributed by atoms with Gasteiger partial charge in [0.1, 0.15) is 6.04 Å². The molecule has 1 saturated carbocycles. The van der Waals surface area contributed by atoms with Crippen molar-refractivity contribution in [1.29, 1.82) is 0 Å². The smallest absolute Gasteiger partial charge is 0.248 e. The third kappa shape index (κ3) is 5.90. The summed E-state index contributed by atoms with van der Waals surface area (Å²) in [6.07, 6.45) is 5.47. The molecule has 6 nitrogen and oxygen atoms in total. The largest absolute Gasteiger partial charge is 0.493 e. The van der Waals surface area contributed by atoms with Crippen LogP contribution in [-0.4, -0.2) is 32.1 Å². The van der Waals surface area contributed by atoms with Gasteiger partial charge in [-0.15, -0.1) is 11.3 Å². The van der Waals surface area contributed by atoms with Gasteiger partial charge < -0.3 is 14.8 Å². The van der Waals surface area contributed by atoms with Gasteiger partial charge in [0.15, 0.2) is 11.5 Å². The monoisotopic (exact) mass is 506 g/mol. The van der Waals surface area contributed by atoms with Crippen molar-refractivity contribution in [3.05, 3.63) is 76.0 Å². The third-order valence-electron chi connectivity index (χ3n) is 6.67. The molecule has 4 rings (SSSR count). The van der Waals surface area contributed by atoms with E-state index < -0.39 is 6.04 Å². The van der Waals surface area contributed by atoms with E-state index in [9.17, 15) is 9.59 Å². The van der Waals surface area contributed by atoms with Gasteiger partial charge in [0.05, 0.1) is 20.6 Å². The van der Waals surface area contributed by atoms with Crippen LogP contribution in [0.1, 0.15) is 54.1 Å². The first-order chi connectivity index (χ1) is 17.5. The first-order valence-electron chi connectivity index (χ1n) is 12.4. The van der Waals surface area contributed by atoms with Crippen LogP contribution in [-0.2, 0) is 16.0 Å². The molecule has 3 aromatic rings. The van der Waals surface area contributed by atoms with Crippen LogP contribution >= 0.6 is 11.3 Å². The fraction of sp³-hybridized carbons (Fsp3) is 0.379. The zero-order chi connectivity index (χ0) is 25.5. The summed E-state index contributed by atoms with van der Waals surface area (Å²) in [4.78, 5) is 30.6. The Morgan fingerprint density at radius 2 is 1.75 bits per heavy atom. The van der Waals surface area contributed by atoms with Gasteiger partial charge in [-0.1, -0.05) is 55.2 Å². The van der Waals surface area contributed by atoms with Crippen LogP contribution in [0.4, 0.5) is 5.69 Å². The molecule has 1 N–H and O–H groups in total. The third-order valence-corrected chi connectivity index (χ3v) is 7.55. The molecule has 1 heterocycles. The quantitative estimate of drug-likeness (QED) is 0.396. The summed E-state index contributed by atoms with van der Waals surface area (Å²) >= 11 is 1.53. The van der Waals surface area contributed by atoms with E-state index in [1.165, 1.54) is 17.8 Å². The lowest BCUT2D eigenvalue weighted by atomic mass is 9.94. The summed E-state index contributed by atoms with van der Waals surface area (Å²) in [6, 6.07) is 16.2. The SMILES string of the molecule is COc1cccc([C@@H](C(=O)NC2CCCCC2)N(C(=O)Cc2cccs2)c2ccc(C)cc2)c1OC. The van der Waals surface area contributed by atoms with Gasteiger partial charge >= 0.3 is 0 Å². The van der Waals surface area contributed by atoms with E-state index in [0.717, 1.165) is 36.1 Å². The Kier molecular flexibility index (Phi) is 8.65. The number of carbonyl (C=O) groups is 2. The highest BCUT2D eigenvalue weighted by Crippen LogP contribution is 2.39. The second-order valence-corrected chi connectivity index (χ2v) is 10.2. The van der Waals surface area contributed by atoms with Crippen molar-refractivity contribution in [3.8, 4) is 11.5 Å². The number of rotatable bonds is 9. The molecule has 36 heavy (non-hydrogen) atoms. The lowest BCUT2D eigenvalue weighted by molar-refractivity contribution is -0.127. The van der Waals surface area contributed by atoms with Crippen LogP contribution < -0.4 is 19.7 Å². The molecule has 2 amide bonds. The Labute approximate surface area is 217 Å². The average molecular weight is 507 g/mol.